The van der Waals surface area contributed by atoms with Crippen LogP contribution in [0.25, 0.3) is 0 Å². The number of carbonyl (C=O) groups is 3. The number of carboxylic acid groups (broad SMARTS) is 1. The number of primary amides is 1. The normalized spacial score (nSPS) is 22.5. The fraction of sp³-hybridized carbons (Fsp3) is 0.769. The van der Waals surface area contributed by atoms with Gasteiger partial charge in [-0.15, -0.1) is 0 Å². The highest BCUT2D eigenvalue weighted by atomic mass is 16.4. The van der Waals surface area contributed by atoms with Gasteiger partial charge in [0.05, 0.1) is 0 Å². The Kier molecular flexibility index (Phi) is 4.15. The van der Waals surface area contributed by atoms with Gasteiger partial charge in [-0.1, -0.05) is 12.8 Å². The zero-order chi connectivity index (χ0) is 14.8. The number of aliphatic carboxylic acids is 1. The Morgan fingerprint density at radius 1 is 1.15 bits per heavy atom. The lowest BCUT2D eigenvalue weighted by Crippen LogP contribution is -2.57. The zero-order valence-electron chi connectivity index (χ0n) is 11.4. The van der Waals surface area contributed by atoms with Crippen LogP contribution < -0.4 is 11.1 Å². The predicted octanol–water partition coefficient (Wildman–Crippen LogP) is 0.291. The maximum Gasteiger partial charge on any atom is 0.329 e. The lowest BCUT2D eigenvalue weighted by molar-refractivity contribution is -0.144. The molecule has 7 heteroatoms. The minimum absolute atomic E-state index is 0.182. The summed E-state index contributed by atoms with van der Waals surface area (Å²) in [5.41, 5.74) is 4.13. The lowest BCUT2D eigenvalue weighted by Gasteiger charge is -2.34. The first kappa shape index (κ1) is 14.6. The molecule has 0 aromatic heterocycles. The number of hydrogen-bond donors (Lipinski definition) is 3. The molecule has 0 radical (unpaired) electrons. The number of nitrogens with zero attached hydrogens (tertiary/aromatic N) is 1. The second kappa shape index (κ2) is 5.68. The van der Waals surface area contributed by atoms with E-state index >= 15 is 0 Å². The van der Waals surface area contributed by atoms with Gasteiger partial charge in [0, 0.05) is 19.0 Å². The molecular weight excluding hydrogens is 262 g/mol. The number of carbonyl (C=O) groups excluding carboxylic acids is 2. The molecule has 4 N–H and O–H groups in total. The maximum atomic E-state index is 12.2. The van der Waals surface area contributed by atoms with Crippen molar-refractivity contribution in [2.75, 3.05) is 13.1 Å². The van der Waals surface area contributed by atoms with E-state index in [4.69, 9.17) is 5.73 Å². The largest absolute Gasteiger partial charge is 0.480 e. The number of rotatable bonds is 3. The minimum Gasteiger partial charge on any atom is -0.480 e. The van der Waals surface area contributed by atoms with Crippen molar-refractivity contribution in [3.05, 3.63) is 0 Å². The number of urea groups is 1. The van der Waals surface area contributed by atoms with E-state index in [-0.39, 0.29) is 17.9 Å². The van der Waals surface area contributed by atoms with E-state index in [1.165, 1.54) is 0 Å². The lowest BCUT2D eigenvalue weighted by atomic mass is 9.96. The summed E-state index contributed by atoms with van der Waals surface area (Å²) in [5.74, 6) is -1.47. The van der Waals surface area contributed by atoms with E-state index in [0.29, 0.717) is 38.8 Å². The van der Waals surface area contributed by atoms with E-state index in [1.54, 1.807) is 4.90 Å². The summed E-state index contributed by atoms with van der Waals surface area (Å²) >= 11 is 0. The fourth-order valence-electron chi connectivity index (χ4n) is 3.02. The van der Waals surface area contributed by atoms with Gasteiger partial charge < -0.3 is 21.1 Å². The van der Waals surface area contributed by atoms with E-state index in [9.17, 15) is 19.5 Å². The Balaban J connectivity index is 1.92. The summed E-state index contributed by atoms with van der Waals surface area (Å²) in [4.78, 5) is 36.2. The molecule has 2 fully saturated rings. The van der Waals surface area contributed by atoms with E-state index in [1.807, 2.05) is 0 Å². The van der Waals surface area contributed by atoms with Crippen molar-refractivity contribution in [2.24, 2.45) is 11.7 Å². The topological polar surface area (TPSA) is 113 Å². The molecule has 1 aliphatic carbocycles. The van der Waals surface area contributed by atoms with Crippen LogP contribution in [0.3, 0.4) is 0 Å². The van der Waals surface area contributed by atoms with Crippen molar-refractivity contribution < 1.29 is 19.5 Å². The van der Waals surface area contributed by atoms with Gasteiger partial charge in [0.2, 0.25) is 5.91 Å². The molecule has 0 bridgehead atoms. The number of carboxylic acids is 1. The number of piperidine rings is 1. The molecule has 0 atom stereocenters. The molecule has 1 saturated carbocycles. The van der Waals surface area contributed by atoms with Gasteiger partial charge in [-0.25, -0.2) is 9.59 Å². The van der Waals surface area contributed by atoms with Gasteiger partial charge in [0.15, 0.2) is 0 Å². The molecule has 112 valence electrons. The standard InChI is InChI=1S/C13H21N3O4/c14-10(17)9-3-7-16(8-4-9)12(20)15-13(11(18)19)5-1-2-6-13/h9H,1-8H2,(H2,14,17)(H,15,20)(H,18,19). The van der Waals surface area contributed by atoms with Crippen LogP contribution in [0.5, 0.6) is 0 Å². The van der Waals surface area contributed by atoms with Crippen molar-refractivity contribution in [3.63, 3.8) is 0 Å². The molecule has 1 aliphatic heterocycles. The fourth-order valence-corrected chi connectivity index (χ4v) is 3.02. The highest BCUT2D eigenvalue weighted by Gasteiger charge is 2.43. The van der Waals surface area contributed by atoms with Gasteiger partial charge in [-0.3, -0.25) is 4.79 Å². The summed E-state index contributed by atoms with van der Waals surface area (Å²) in [6.07, 6.45) is 3.68. The third-order valence-electron chi connectivity index (χ3n) is 4.40. The first-order valence-electron chi connectivity index (χ1n) is 7.04. The van der Waals surface area contributed by atoms with E-state index in [2.05, 4.69) is 5.32 Å². The Bertz CT molecular complexity index is 410. The number of amides is 3. The highest BCUT2D eigenvalue weighted by Crippen LogP contribution is 2.30. The Hall–Kier alpha value is -1.79. The maximum absolute atomic E-state index is 12.2. The van der Waals surface area contributed by atoms with Gasteiger partial charge >= 0.3 is 12.0 Å². The van der Waals surface area contributed by atoms with E-state index in [0.717, 1.165) is 12.8 Å². The second-order valence-electron chi connectivity index (χ2n) is 5.69. The zero-order valence-corrected chi connectivity index (χ0v) is 11.4. The molecule has 2 aliphatic rings. The number of hydrogen-bond acceptors (Lipinski definition) is 3. The van der Waals surface area contributed by atoms with Gasteiger partial charge in [-0.05, 0) is 25.7 Å². The average molecular weight is 283 g/mol. The molecule has 20 heavy (non-hydrogen) atoms. The summed E-state index contributed by atoms with van der Waals surface area (Å²) < 4.78 is 0. The Morgan fingerprint density at radius 2 is 1.70 bits per heavy atom. The van der Waals surface area contributed by atoms with Crippen LogP contribution in [-0.2, 0) is 9.59 Å². The smallest absolute Gasteiger partial charge is 0.329 e. The molecule has 2 rings (SSSR count). The van der Waals surface area contributed by atoms with Gasteiger partial charge in [-0.2, -0.15) is 0 Å². The van der Waals surface area contributed by atoms with Crippen molar-refractivity contribution in [1.82, 2.24) is 10.2 Å². The van der Waals surface area contributed by atoms with Crippen molar-refractivity contribution in [1.29, 1.82) is 0 Å². The minimum atomic E-state index is -1.11. The van der Waals surface area contributed by atoms with Crippen LogP contribution in [0.15, 0.2) is 0 Å². The third kappa shape index (κ3) is 2.86. The molecule has 0 spiro atoms. The van der Waals surface area contributed by atoms with Crippen LogP contribution in [0, 0.1) is 5.92 Å². The summed E-state index contributed by atoms with van der Waals surface area (Å²) in [6.45, 7) is 0.879. The molecule has 0 aromatic carbocycles. The summed E-state index contributed by atoms with van der Waals surface area (Å²) in [7, 11) is 0. The number of nitrogens with one attached hydrogen (secondary N) is 1. The third-order valence-corrected chi connectivity index (χ3v) is 4.40. The predicted molar refractivity (Wildman–Crippen MR) is 70.9 cm³/mol. The Labute approximate surface area is 117 Å². The Morgan fingerprint density at radius 3 is 2.15 bits per heavy atom. The van der Waals surface area contributed by atoms with Crippen LogP contribution in [-0.4, -0.2) is 46.5 Å². The van der Waals surface area contributed by atoms with Crippen LogP contribution in [0.2, 0.25) is 0 Å². The quantitative estimate of drug-likeness (QED) is 0.691. The van der Waals surface area contributed by atoms with Crippen LogP contribution in [0.1, 0.15) is 38.5 Å². The summed E-state index contributed by atoms with van der Waals surface area (Å²) in [6, 6.07) is -0.350. The van der Waals surface area contributed by atoms with Crippen LogP contribution in [0.4, 0.5) is 4.79 Å². The molecule has 1 saturated heterocycles. The first-order chi connectivity index (χ1) is 9.44. The SMILES string of the molecule is NC(=O)C1CCN(C(=O)NC2(C(=O)O)CCCC2)CC1. The molecule has 7 nitrogen and oxygen atoms in total. The van der Waals surface area contributed by atoms with Gasteiger partial charge in [0.25, 0.3) is 0 Å². The monoisotopic (exact) mass is 283 g/mol. The molecule has 3 amide bonds. The van der Waals surface area contributed by atoms with Gasteiger partial charge in [0.1, 0.15) is 5.54 Å². The second-order valence-corrected chi connectivity index (χ2v) is 5.69. The van der Waals surface area contributed by atoms with Crippen molar-refractivity contribution in [2.45, 2.75) is 44.1 Å². The number of likely N-dealkylation sites (tertiary alicyclic amines) is 1. The average Bonchev–Trinajstić information content (AvgIpc) is 2.88. The first-order valence-corrected chi connectivity index (χ1v) is 7.04. The van der Waals surface area contributed by atoms with Crippen LogP contribution >= 0.6 is 0 Å². The molecule has 1 heterocycles. The molecule has 0 unspecified atom stereocenters. The summed E-state index contributed by atoms with van der Waals surface area (Å²) in [5, 5.41) is 12.0. The van der Waals surface area contributed by atoms with Crippen molar-refractivity contribution >= 4 is 17.9 Å². The van der Waals surface area contributed by atoms with E-state index < -0.39 is 11.5 Å². The molecular formula is C13H21N3O4. The highest BCUT2D eigenvalue weighted by molar-refractivity contribution is 5.86. The van der Waals surface area contributed by atoms with Crippen molar-refractivity contribution in [3.8, 4) is 0 Å². The molecule has 0 aromatic rings. The number of nitrogens with two attached hydrogens (primary N) is 1.